The molecule has 0 bridgehead atoms. The van der Waals surface area contributed by atoms with Crippen LogP contribution >= 0.6 is 0 Å². The van der Waals surface area contributed by atoms with E-state index in [-0.39, 0.29) is 0 Å². The SMILES string of the molecule is CCC1CC(ON(O)O)C(ON(O)O)C1. The van der Waals surface area contributed by atoms with Gasteiger partial charge >= 0.3 is 0 Å². The van der Waals surface area contributed by atoms with Crippen molar-refractivity contribution in [3.8, 4) is 0 Å². The van der Waals surface area contributed by atoms with Crippen LogP contribution in [0.1, 0.15) is 26.2 Å². The molecular formula is C7H16N2O6. The lowest BCUT2D eigenvalue weighted by atomic mass is 10.1. The van der Waals surface area contributed by atoms with E-state index in [0.717, 1.165) is 6.42 Å². The Morgan fingerprint density at radius 3 is 1.67 bits per heavy atom. The zero-order chi connectivity index (χ0) is 11.4. The molecule has 0 aliphatic heterocycles. The molecule has 90 valence electrons. The van der Waals surface area contributed by atoms with Gasteiger partial charge in [0.15, 0.2) is 0 Å². The van der Waals surface area contributed by atoms with Crippen molar-refractivity contribution in [1.82, 2.24) is 10.8 Å². The molecule has 8 nitrogen and oxygen atoms in total. The van der Waals surface area contributed by atoms with Crippen molar-refractivity contribution >= 4 is 0 Å². The minimum absolute atomic E-state index is 0.292. The molecule has 1 aliphatic carbocycles. The fraction of sp³-hybridized carbons (Fsp3) is 1.00. The van der Waals surface area contributed by atoms with Crippen LogP contribution in [-0.4, -0.2) is 43.8 Å². The van der Waals surface area contributed by atoms with Crippen molar-refractivity contribution in [2.45, 2.75) is 38.4 Å². The van der Waals surface area contributed by atoms with Crippen LogP contribution in [0.3, 0.4) is 0 Å². The van der Waals surface area contributed by atoms with Crippen molar-refractivity contribution in [3.63, 3.8) is 0 Å². The molecule has 15 heavy (non-hydrogen) atoms. The molecule has 1 fully saturated rings. The maximum absolute atomic E-state index is 8.50. The second-order valence-corrected chi connectivity index (χ2v) is 3.54. The first-order chi connectivity index (χ1) is 7.02. The van der Waals surface area contributed by atoms with Gasteiger partial charge in [0.25, 0.3) is 0 Å². The summed E-state index contributed by atoms with van der Waals surface area (Å²) in [5, 5.41) is 33.2. The third-order valence-corrected chi connectivity index (χ3v) is 2.58. The molecule has 4 N–H and O–H groups in total. The van der Waals surface area contributed by atoms with E-state index in [1.165, 1.54) is 0 Å². The Balaban J connectivity index is 2.49. The van der Waals surface area contributed by atoms with Crippen LogP contribution in [-0.2, 0) is 9.68 Å². The first kappa shape index (κ1) is 12.7. The molecule has 0 spiro atoms. The van der Waals surface area contributed by atoms with Gasteiger partial charge < -0.3 is 0 Å². The quantitative estimate of drug-likeness (QED) is 0.502. The summed E-state index contributed by atoms with van der Waals surface area (Å²) in [6.45, 7) is 1.98. The van der Waals surface area contributed by atoms with E-state index >= 15 is 0 Å². The molecular weight excluding hydrogens is 208 g/mol. The van der Waals surface area contributed by atoms with Gasteiger partial charge in [-0.2, -0.15) is 0 Å². The largest absolute Gasteiger partial charge is 0.266 e. The molecule has 0 aromatic rings. The molecule has 1 saturated carbocycles. The predicted octanol–water partition coefficient (Wildman–Crippen LogP) is 0.568. The third kappa shape index (κ3) is 3.97. The smallest absolute Gasteiger partial charge is 0.113 e. The van der Waals surface area contributed by atoms with Crippen LogP contribution in [0.2, 0.25) is 0 Å². The molecule has 0 aromatic carbocycles. The summed E-state index contributed by atoms with van der Waals surface area (Å²) < 4.78 is 0. The van der Waals surface area contributed by atoms with E-state index in [0.29, 0.717) is 18.8 Å². The highest BCUT2D eigenvalue weighted by Crippen LogP contribution is 2.32. The molecule has 1 rings (SSSR count). The van der Waals surface area contributed by atoms with E-state index < -0.39 is 23.0 Å². The molecule has 8 heteroatoms. The number of rotatable bonds is 5. The normalized spacial score (nSPS) is 31.8. The van der Waals surface area contributed by atoms with Gasteiger partial charge in [-0.15, -0.1) is 0 Å². The highest BCUT2D eigenvalue weighted by Gasteiger charge is 2.38. The predicted molar refractivity (Wildman–Crippen MR) is 43.6 cm³/mol. The molecule has 1 aliphatic rings. The average Bonchev–Trinajstić information content (AvgIpc) is 2.46. The van der Waals surface area contributed by atoms with Gasteiger partial charge in [-0.25, -0.2) is 9.68 Å². The topological polar surface area (TPSA) is 106 Å². The van der Waals surface area contributed by atoms with Crippen molar-refractivity contribution < 1.29 is 30.5 Å². The fourth-order valence-electron chi connectivity index (χ4n) is 1.85. The minimum atomic E-state index is -0.619. The van der Waals surface area contributed by atoms with Crippen LogP contribution in [0.15, 0.2) is 0 Å². The van der Waals surface area contributed by atoms with Gasteiger partial charge in [0, 0.05) is 0 Å². The van der Waals surface area contributed by atoms with E-state index in [1.807, 2.05) is 6.92 Å². The van der Waals surface area contributed by atoms with Gasteiger partial charge in [-0.1, -0.05) is 13.3 Å². The van der Waals surface area contributed by atoms with Crippen LogP contribution in [0.4, 0.5) is 0 Å². The van der Waals surface area contributed by atoms with Crippen LogP contribution in [0.5, 0.6) is 0 Å². The van der Waals surface area contributed by atoms with E-state index in [2.05, 4.69) is 9.68 Å². The minimum Gasteiger partial charge on any atom is -0.266 e. The van der Waals surface area contributed by atoms with Gasteiger partial charge in [-0.05, 0) is 18.8 Å². The molecule has 0 radical (unpaired) electrons. The molecule has 0 heterocycles. The van der Waals surface area contributed by atoms with Crippen molar-refractivity contribution in [2.75, 3.05) is 0 Å². The Morgan fingerprint density at radius 2 is 1.40 bits per heavy atom. The van der Waals surface area contributed by atoms with E-state index in [9.17, 15) is 0 Å². The highest BCUT2D eigenvalue weighted by molar-refractivity contribution is 4.83. The van der Waals surface area contributed by atoms with Crippen molar-refractivity contribution in [1.29, 1.82) is 0 Å². The monoisotopic (exact) mass is 224 g/mol. The molecule has 2 atom stereocenters. The summed E-state index contributed by atoms with van der Waals surface area (Å²) in [4.78, 5) is 9.25. The highest BCUT2D eigenvalue weighted by atomic mass is 17.1. The first-order valence-electron chi connectivity index (χ1n) is 4.72. The average molecular weight is 224 g/mol. The summed E-state index contributed by atoms with van der Waals surface area (Å²) >= 11 is 0. The molecule has 0 aromatic heterocycles. The zero-order valence-electron chi connectivity index (χ0n) is 8.35. The number of hydrogen-bond donors (Lipinski definition) is 4. The van der Waals surface area contributed by atoms with Gasteiger partial charge in [0.05, 0.1) is 10.8 Å². The van der Waals surface area contributed by atoms with Crippen LogP contribution in [0.25, 0.3) is 0 Å². The van der Waals surface area contributed by atoms with Crippen molar-refractivity contribution in [3.05, 3.63) is 0 Å². The standard InChI is InChI=1S/C7H16N2O6/c1-2-5-3-6(14-8(10)11)7(4-5)15-9(12)13/h5-7,10-13H,2-4H2,1H3. The van der Waals surface area contributed by atoms with Crippen LogP contribution < -0.4 is 0 Å². The van der Waals surface area contributed by atoms with Crippen LogP contribution in [0, 0.1) is 5.92 Å². The second-order valence-electron chi connectivity index (χ2n) is 3.54. The second kappa shape index (κ2) is 5.68. The lowest BCUT2D eigenvalue weighted by Crippen LogP contribution is -2.35. The summed E-state index contributed by atoms with van der Waals surface area (Å²) in [6, 6.07) is 0. The summed E-state index contributed by atoms with van der Waals surface area (Å²) in [7, 11) is 0. The summed E-state index contributed by atoms with van der Waals surface area (Å²) in [6.07, 6.45) is 0.769. The Bertz CT molecular complexity index is 172. The van der Waals surface area contributed by atoms with E-state index in [1.54, 1.807) is 0 Å². The van der Waals surface area contributed by atoms with Gasteiger partial charge in [0.1, 0.15) is 12.2 Å². The lowest BCUT2D eigenvalue weighted by Gasteiger charge is -2.21. The van der Waals surface area contributed by atoms with Crippen molar-refractivity contribution in [2.24, 2.45) is 5.92 Å². The molecule has 2 unspecified atom stereocenters. The first-order valence-corrected chi connectivity index (χ1v) is 4.72. The third-order valence-electron chi connectivity index (χ3n) is 2.58. The number of nitrogens with zero attached hydrogens (tertiary/aromatic N) is 2. The van der Waals surface area contributed by atoms with Gasteiger partial charge in [-0.3, -0.25) is 20.8 Å². The maximum Gasteiger partial charge on any atom is 0.113 e. The summed E-state index contributed by atoms with van der Waals surface area (Å²) in [5.74, 6) is 0.292. The fourth-order valence-corrected chi connectivity index (χ4v) is 1.85. The van der Waals surface area contributed by atoms with Gasteiger partial charge in [0.2, 0.25) is 0 Å². The molecule has 0 amide bonds. The Morgan fingerprint density at radius 1 is 1.00 bits per heavy atom. The number of hydrogen-bond acceptors (Lipinski definition) is 8. The zero-order valence-corrected chi connectivity index (χ0v) is 8.35. The Labute approximate surface area is 86.6 Å². The Kier molecular flexibility index (Phi) is 4.83. The maximum atomic E-state index is 8.50. The lowest BCUT2D eigenvalue weighted by molar-refractivity contribution is -0.535. The van der Waals surface area contributed by atoms with E-state index in [4.69, 9.17) is 20.8 Å². The summed E-state index contributed by atoms with van der Waals surface area (Å²) in [5.41, 5.74) is 0. The Hall–Kier alpha value is -0.320. The molecule has 0 saturated heterocycles.